The van der Waals surface area contributed by atoms with Crippen molar-refractivity contribution in [1.82, 2.24) is 25.2 Å². The molecule has 0 radical (unpaired) electrons. The van der Waals surface area contributed by atoms with Gasteiger partial charge in [0.15, 0.2) is 5.69 Å². The summed E-state index contributed by atoms with van der Waals surface area (Å²) in [4.78, 5) is 12.3. The zero-order valence-corrected chi connectivity index (χ0v) is 16.2. The number of nitrogens with one attached hydrogen (secondary N) is 1. The molecule has 0 fully saturated rings. The van der Waals surface area contributed by atoms with E-state index in [4.69, 9.17) is 20.8 Å². The Morgan fingerprint density at radius 2 is 1.79 bits per heavy atom. The van der Waals surface area contributed by atoms with Gasteiger partial charge in [-0.3, -0.25) is 10.1 Å². The van der Waals surface area contributed by atoms with Crippen molar-refractivity contribution in [2.45, 2.75) is 6.92 Å². The molecule has 0 atom stereocenters. The molecule has 2 aromatic carbocycles. The predicted octanol–water partition coefficient (Wildman–Crippen LogP) is 3.54. The number of carbonyl (C=O) groups is 1. The first-order chi connectivity index (χ1) is 14.0. The lowest BCUT2D eigenvalue weighted by Crippen LogP contribution is -2.11. The van der Waals surface area contributed by atoms with Crippen LogP contribution in [-0.4, -0.2) is 38.2 Å². The second-order valence-corrected chi connectivity index (χ2v) is 6.44. The Hall–Kier alpha value is -3.72. The van der Waals surface area contributed by atoms with E-state index in [2.05, 4.69) is 25.8 Å². The van der Waals surface area contributed by atoms with Gasteiger partial charge >= 0.3 is 6.01 Å². The fourth-order valence-corrected chi connectivity index (χ4v) is 2.76. The van der Waals surface area contributed by atoms with Crippen LogP contribution in [0, 0.1) is 6.92 Å². The highest BCUT2D eigenvalue weighted by atomic mass is 35.5. The molecule has 2 aromatic heterocycles. The van der Waals surface area contributed by atoms with Crippen LogP contribution in [0.5, 0.6) is 5.75 Å². The molecule has 0 saturated carbocycles. The molecule has 0 bridgehead atoms. The van der Waals surface area contributed by atoms with E-state index in [1.165, 1.54) is 0 Å². The molecular formula is C19H15ClN6O3. The van der Waals surface area contributed by atoms with Gasteiger partial charge < -0.3 is 9.15 Å². The lowest BCUT2D eigenvalue weighted by molar-refractivity contribution is 0.102. The van der Waals surface area contributed by atoms with Gasteiger partial charge in [0.2, 0.25) is 0 Å². The van der Waals surface area contributed by atoms with Crippen LogP contribution in [-0.2, 0) is 0 Å². The summed E-state index contributed by atoms with van der Waals surface area (Å²) in [5.74, 6) is 0.415. The Labute approximate surface area is 170 Å². The highest BCUT2D eigenvalue weighted by molar-refractivity contribution is 6.30. The van der Waals surface area contributed by atoms with Gasteiger partial charge in [-0.05, 0) is 55.5 Å². The molecule has 1 N–H and O–H groups in total. The van der Waals surface area contributed by atoms with Crippen molar-refractivity contribution in [2.75, 3.05) is 12.4 Å². The number of anilines is 1. The Bertz CT molecular complexity index is 1150. The molecule has 4 aromatic rings. The number of methoxy groups -OCH3 is 1. The van der Waals surface area contributed by atoms with Crippen LogP contribution in [0.15, 0.2) is 52.9 Å². The molecule has 0 spiro atoms. The van der Waals surface area contributed by atoms with Crippen molar-refractivity contribution in [1.29, 1.82) is 0 Å². The monoisotopic (exact) mass is 410 g/mol. The SMILES string of the molecule is COc1ccc(C(=O)Nc2nnc(-c3nnn(-c4ccc(Cl)cc4)c3C)o2)cc1. The topological polar surface area (TPSA) is 108 Å². The summed E-state index contributed by atoms with van der Waals surface area (Å²) in [6, 6.07) is 13.8. The van der Waals surface area contributed by atoms with E-state index < -0.39 is 0 Å². The lowest BCUT2D eigenvalue weighted by atomic mass is 10.2. The quantitative estimate of drug-likeness (QED) is 0.536. The molecule has 0 aliphatic rings. The molecule has 0 aliphatic carbocycles. The number of aromatic nitrogens is 5. The molecule has 0 aliphatic heterocycles. The van der Waals surface area contributed by atoms with Crippen LogP contribution in [0.1, 0.15) is 16.1 Å². The van der Waals surface area contributed by atoms with E-state index in [-0.39, 0.29) is 17.8 Å². The van der Waals surface area contributed by atoms with Crippen molar-refractivity contribution in [3.63, 3.8) is 0 Å². The van der Waals surface area contributed by atoms with E-state index in [1.54, 1.807) is 48.2 Å². The normalized spacial score (nSPS) is 10.7. The smallest absolute Gasteiger partial charge is 0.322 e. The standard InChI is InChI=1S/C19H15ClN6O3/c1-11-16(22-25-26(11)14-7-5-13(20)6-8-14)18-23-24-19(29-18)21-17(27)12-3-9-15(28-2)10-4-12/h3-10H,1-2H3,(H,21,24,27). The summed E-state index contributed by atoms with van der Waals surface area (Å²) >= 11 is 5.92. The first-order valence-corrected chi connectivity index (χ1v) is 8.90. The summed E-state index contributed by atoms with van der Waals surface area (Å²) in [7, 11) is 1.56. The number of carbonyl (C=O) groups excluding carboxylic acids is 1. The number of hydrogen-bond acceptors (Lipinski definition) is 7. The van der Waals surface area contributed by atoms with Gasteiger partial charge in [0, 0.05) is 10.6 Å². The zero-order valence-electron chi connectivity index (χ0n) is 15.5. The molecule has 146 valence electrons. The third-order valence-electron chi connectivity index (χ3n) is 4.17. The maximum atomic E-state index is 12.3. The molecule has 4 rings (SSSR count). The molecular weight excluding hydrogens is 396 g/mol. The third-order valence-corrected chi connectivity index (χ3v) is 4.42. The molecule has 29 heavy (non-hydrogen) atoms. The molecule has 2 heterocycles. The summed E-state index contributed by atoms with van der Waals surface area (Å²) in [6.07, 6.45) is 0. The van der Waals surface area contributed by atoms with Gasteiger partial charge in [-0.1, -0.05) is 21.9 Å². The number of benzene rings is 2. The third kappa shape index (κ3) is 3.81. The minimum absolute atomic E-state index is 0.0405. The van der Waals surface area contributed by atoms with Crippen molar-refractivity contribution >= 4 is 23.5 Å². The summed E-state index contributed by atoms with van der Waals surface area (Å²) in [6.45, 7) is 1.82. The highest BCUT2D eigenvalue weighted by Gasteiger charge is 2.19. The fraction of sp³-hybridized carbons (Fsp3) is 0.105. The molecule has 1 amide bonds. The number of halogens is 1. The van der Waals surface area contributed by atoms with Crippen LogP contribution < -0.4 is 10.1 Å². The average molecular weight is 411 g/mol. The highest BCUT2D eigenvalue weighted by Crippen LogP contribution is 2.24. The predicted molar refractivity (Wildman–Crippen MR) is 105 cm³/mol. The van der Waals surface area contributed by atoms with Gasteiger partial charge in [-0.15, -0.1) is 10.2 Å². The van der Waals surface area contributed by atoms with Gasteiger partial charge in [0.1, 0.15) is 5.75 Å². The van der Waals surface area contributed by atoms with Crippen LogP contribution in [0.2, 0.25) is 5.02 Å². The van der Waals surface area contributed by atoms with Gasteiger partial charge in [0.05, 0.1) is 18.5 Å². The number of hydrogen-bond donors (Lipinski definition) is 1. The maximum absolute atomic E-state index is 12.3. The largest absolute Gasteiger partial charge is 0.497 e. The molecule has 10 heteroatoms. The molecule has 0 unspecified atom stereocenters. The van der Waals surface area contributed by atoms with Gasteiger partial charge in [0.25, 0.3) is 11.8 Å². The summed E-state index contributed by atoms with van der Waals surface area (Å²) in [5.41, 5.74) is 2.33. The number of rotatable bonds is 5. The van der Waals surface area contributed by atoms with Crippen molar-refractivity contribution in [3.05, 3.63) is 64.8 Å². The average Bonchev–Trinajstić information content (AvgIpc) is 3.35. The van der Waals surface area contributed by atoms with E-state index in [9.17, 15) is 4.79 Å². The lowest BCUT2D eigenvalue weighted by Gasteiger charge is -2.03. The van der Waals surface area contributed by atoms with E-state index in [0.717, 1.165) is 5.69 Å². The minimum atomic E-state index is -0.385. The van der Waals surface area contributed by atoms with E-state index >= 15 is 0 Å². The van der Waals surface area contributed by atoms with Crippen LogP contribution in [0.25, 0.3) is 17.3 Å². The number of ether oxygens (including phenoxy) is 1. The van der Waals surface area contributed by atoms with E-state index in [1.807, 2.05) is 19.1 Å². The summed E-state index contributed by atoms with van der Waals surface area (Å²) in [5, 5.41) is 19.2. The Kier molecular flexibility index (Phi) is 4.96. The van der Waals surface area contributed by atoms with E-state index in [0.29, 0.717) is 27.7 Å². The van der Waals surface area contributed by atoms with Crippen LogP contribution >= 0.6 is 11.6 Å². The number of amides is 1. The van der Waals surface area contributed by atoms with Gasteiger partial charge in [-0.25, -0.2) is 4.68 Å². The second-order valence-electron chi connectivity index (χ2n) is 6.01. The molecule has 0 saturated heterocycles. The van der Waals surface area contributed by atoms with Crippen molar-refractivity contribution in [2.24, 2.45) is 0 Å². The molecule has 9 nitrogen and oxygen atoms in total. The number of nitrogens with zero attached hydrogens (tertiary/aromatic N) is 5. The summed E-state index contributed by atoms with van der Waals surface area (Å²) < 4.78 is 12.2. The second kappa shape index (κ2) is 7.72. The first kappa shape index (κ1) is 18.6. The Morgan fingerprint density at radius 1 is 1.07 bits per heavy atom. The van der Waals surface area contributed by atoms with Crippen molar-refractivity contribution < 1.29 is 13.9 Å². The Balaban J connectivity index is 1.53. The van der Waals surface area contributed by atoms with Crippen LogP contribution in [0.4, 0.5) is 6.01 Å². The fourth-order valence-electron chi connectivity index (χ4n) is 2.64. The first-order valence-electron chi connectivity index (χ1n) is 8.52. The van der Waals surface area contributed by atoms with Crippen LogP contribution in [0.3, 0.4) is 0 Å². The zero-order chi connectivity index (χ0) is 20.4. The Morgan fingerprint density at radius 3 is 2.48 bits per heavy atom. The minimum Gasteiger partial charge on any atom is -0.497 e. The van der Waals surface area contributed by atoms with Crippen molar-refractivity contribution in [3.8, 4) is 23.0 Å². The maximum Gasteiger partial charge on any atom is 0.322 e. The van der Waals surface area contributed by atoms with Gasteiger partial charge in [-0.2, -0.15) is 0 Å².